The highest BCUT2D eigenvalue weighted by atomic mass is 16.5. The third-order valence-corrected chi connectivity index (χ3v) is 4.07. The topological polar surface area (TPSA) is 59.3 Å². The first-order valence-electron chi connectivity index (χ1n) is 6.94. The van der Waals surface area contributed by atoms with Crippen LogP contribution in [0.4, 0.5) is 0 Å². The van der Waals surface area contributed by atoms with Crippen molar-refractivity contribution < 1.29 is 9.36 Å². The lowest BCUT2D eigenvalue weighted by molar-refractivity contribution is -0.684. The molecule has 1 atom stereocenters. The van der Waals surface area contributed by atoms with Crippen molar-refractivity contribution in [1.82, 2.24) is 10.4 Å². The predicted molar refractivity (Wildman–Crippen MR) is 76.5 cm³/mol. The molecule has 0 radical (unpaired) electrons. The number of amides is 1. The summed E-state index contributed by atoms with van der Waals surface area (Å²) in [4.78, 5) is 12.1. The van der Waals surface area contributed by atoms with E-state index in [0.29, 0.717) is 6.42 Å². The molecule has 1 amide bonds. The normalized spacial score (nSPS) is 24.6. The minimum atomic E-state index is -0.583. The fourth-order valence-electron chi connectivity index (χ4n) is 2.93. The number of hydroxylamine groups is 2. The van der Waals surface area contributed by atoms with Crippen LogP contribution in [-0.2, 0) is 11.3 Å². The molecule has 5 nitrogen and oxygen atoms in total. The van der Waals surface area contributed by atoms with Crippen molar-refractivity contribution in [3.63, 3.8) is 0 Å². The highest BCUT2D eigenvalue weighted by molar-refractivity contribution is 5.75. The molecule has 5 heteroatoms. The van der Waals surface area contributed by atoms with Gasteiger partial charge in [0.2, 0.25) is 6.54 Å². The van der Waals surface area contributed by atoms with E-state index in [2.05, 4.69) is 5.32 Å². The number of nitrogens with one attached hydrogen (secondary N) is 1. The second-order valence-electron chi connectivity index (χ2n) is 6.63. The number of hydrogen-bond donors (Lipinski definition) is 1. The summed E-state index contributed by atoms with van der Waals surface area (Å²) in [5.41, 5.74) is -1.03. The van der Waals surface area contributed by atoms with Crippen molar-refractivity contribution in [2.24, 2.45) is 0 Å². The van der Waals surface area contributed by atoms with Crippen LogP contribution in [0.1, 0.15) is 34.1 Å². The summed E-state index contributed by atoms with van der Waals surface area (Å²) in [6, 6.07) is 5.54. The van der Waals surface area contributed by atoms with E-state index >= 15 is 0 Å². The number of carbonyl (C=O) groups is 1. The lowest BCUT2D eigenvalue weighted by atomic mass is 9.94. The molecule has 110 valence electrons. The Morgan fingerprint density at radius 2 is 1.90 bits per heavy atom. The van der Waals surface area contributed by atoms with Crippen LogP contribution >= 0.6 is 0 Å². The average molecular weight is 277 g/mol. The minimum absolute atomic E-state index is 0.0645. The number of hydrogen-bond acceptors (Lipinski definition) is 3. The summed E-state index contributed by atoms with van der Waals surface area (Å²) in [6.07, 6.45) is 4.36. The molecule has 2 heterocycles. The highest BCUT2D eigenvalue weighted by Gasteiger charge is 2.47. The van der Waals surface area contributed by atoms with Gasteiger partial charge in [0.1, 0.15) is 0 Å². The summed E-state index contributed by atoms with van der Waals surface area (Å²) < 4.78 is 1.82. The van der Waals surface area contributed by atoms with Crippen LogP contribution in [-0.4, -0.2) is 28.1 Å². The second kappa shape index (κ2) is 5.14. The van der Waals surface area contributed by atoms with Gasteiger partial charge in [-0.25, -0.2) is 0 Å². The van der Waals surface area contributed by atoms with Gasteiger partial charge in [-0.05, 0) is 34.1 Å². The Morgan fingerprint density at radius 1 is 1.30 bits per heavy atom. The van der Waals surface area contributed by atoms with Crippen molar-refractivity contribution in [2.45, 2.75) is 57.8 Å². The van der Waals surface area contributed by atoms with E-state index in [9.17, 15) is 10.0 Å². The maximum Gasteiger partial charge on any atom is 0.286 e. The van der Waals surface area contributed by atoms with Gasteiger partial charge >= 0.3 is 0 Å². The van der Waals surface area contributed by atoms with Crippen LogP contribution < -0.4 is 9.88 Å². The van der Waals surface area contributed by atoms with Crippen molar-refractivity contribution >= 4 is 5.91 Å². The zero-order valence-electron chi connectivity index (χ0n) is 12.6. The molecule has 0 bridgehead atoms. The lowest BCUT2D eigenvalue weighted by Crippen LogP contribution is -2.54. The van der Waals surface area contributed by atoms with Crippen LogP contribution in [0.3, 0.4) is 0 Å². The largest absolute Gasteiger partial charge is 0.784 e. The van der Waals surface area contributed by atoms with Gasteiger partial charge in [0.25, 0.3) is 5.91 Å². The van der Waals surface area contributed by atoms with Crippen molar-refractivity contribution in [3.05, 3.63) is 35.8 Å². The van der Waals surface area contributed by atoms with Crippen molar-refractivity contribution in [2.75, 3.05) is 0 Å². The molecule has 20 heavy (non-hydrogen) atoms. The van der Waals surface area contributed by atoms with Crippen LogP contribution in [0.15, 0.2) is 30.6 Å². The molecule has 0 aromatic carbocycles. The summed E-state index contributed by atoms with van der Waals surface area (Å²) in [5, 5.41) is 16.4. The zero-order chi connectivity index (χ0) is 15.0. The number of aromatic nitrogens is 1. The maximum absolute atomic E-state index is 12.3. The summed E-state index contributed by atoms with van der Waals surface area (Å²) in [6.45, 7) is 7.87. The van der Waals surface area contributed by atoms with Gasteiger partial charge in [-0.1, -0.05) is 6.07 Å². The van der Waals surface area contributed by atoms with Crippen LogP contribution in [0, 0.1) is 5.21 Å². The van der Waals surface area contributed by atoms with E-state index in [1.807, 2.05) is 62.9 Å². The van der Waals surface area contributed by atoms with E-state index in [0.717, 1.165) is 5.06 Å². The fraction of sp³-hybridized carbons (Fsp3) is 0.600. The van der Waals surface area contributed by atoms with Gasteiger partial charge in [0, 0.05) is 29.3 Å². The molecule has 1 N–H and O–H groups in total. The highest BCUT2D eigenvalue weighted by Crippen LogP contribution is 2.39. The van der Waals surface area contributed by atoms with E-state index in [4.69, 9.17) is 0 Å². The Bertz CT molecular complexity index is 485. The first kappa shape index (κ1) is 14.9. The molecule has 1 aliphatic heterocycles. The molecule has 1 aromatic rings. The fourth-order valence-corrected chi connectivity index (χ4v) is 2.93. The average Bonchev–Trinajstić information content (AvgIpc) is 2.51. The molecule has 0 spiro atoms. The molecule has 2 rings (SSSR count). The minimum Gasteiger partial charge on any atom is -0.784 e. The Morgan fingerprint density at radius 3 is 2.40 bits per heavy atom. The third-order valence-electron chi connectivity index (χ3n) is 4.07. The lowest BCUT2D eigenvalue weighted by Gasteiger charge is -2.47. The van der Waals surface area contributed by atoms with Gasteiger partial charge in [0.15, 0.2) is 12.4 Å². The Hall–Kier alpha value is -1.46. The molecule has 0 aliphatic carbocycles. The van der Waals surface area contributed by atoms with E-state index in [1.165, 1.54) is 0 Å². The monoisotopic (exact) mass is 277 g/mol. The Balaban J connectivity index is 2.02. The van der Waals surface area contributed by atoms with Gasteiger partial charge in [-0.2, -0.15) is 4.57 Å². The standard InChI is InChI=1S/C15H23N3O2/c1-14(2)10-12(15(3,4)18(14)20)16-13(19)11-17-8-6-5-7-9-17/h5-9,12H,10-11H2,1-4H3,(H,16,19). The third kappa shape index (κ3) is 2.83. The summed E-state index contributed by atoms with van der Waals surface area (Å²) in [5.74, 6) is -0.0645. The van der Waals surface area contributed by atoms with Crippen LogP contribution in [0.5, 0.6) is 0 Å². The Kier molecular flexibility index (Phi) is 3.84. The SMILES string of the molecule is CC1(C)CC(NC(=O)C[n+]2ccccc2)C(C)(C)N1[O-]. The van der Waals surface area contributed by atoms with Crippen LogP contribution in [0.25, 0.3) is 0 Å². The summed E-state index contributed by atoms with van der Waals surface area (Å²) >= 11 is 0. The first-order chi connectivity index (χ1) is 9.23. The number of rotatable bonds is 3. The van der Waals surface area contributed by atoms with E-state index in [1.54, 1.807) is 0 Å². The summed E-state index contributed by atoms with van der Waals surface area (Å²) in [7, 11) is 0. The molecule has 1 unspecified atom stereocenters. The Labute approximate surface area is 120 Å². The van der Waals surface area contributed by atoms with Gasteiger partial charge in [0.05, 0.1) is 0 Å². The molecule has 1 saturated heterocycles. The molecule has 1 fully saturated rings. The smallest absolute Gasteiger partial charge is 0.286 e. The predicted octanol–water partition coefficient (Wildman–Crippen LogP) is 1.22. The second-order valence-corrected chi connectivity index (χ2v) is 6.63. The number of nitrogens with zero attached hydrogens (tertiary/aromatic N) is 2. The zero-order valence-corrected chi connectivity index (χ0v) is 12.6. The quantitative estimate of drug-likeness (QED) is 0.845. The molecular formula is C15H23N3O2. The van der Waals surface area contributed by atoms with E-state index < -0.39 is 11.1 Å². The number of pyridine rings is 1. The molecule has 1 aliphatic rings. The van der Waals surface area contributed by atoms with Gasteiger partial charge in [-0.15, -0.1) is 0 Å². The van der Waals surface area contributed by atoms with Crippen molar-refractivity contribution in [1.29, 1.82) is 0 Å². The van der Waals surface area contributed by atoms with Crippen molar-refractivity contribution in [3.8, 4) is 0 Å². The van der Waals surface area contributed by atoms with E-state index in [-0.39, 0.29) is 18.5 Å². The van der Waals surface area contributed by atoms with Gasteiger partial charge < -0.3 is 15.6 Å². The molecule has 1 aromatic heterocycles. The number of carbonyl (C=O) groups excluding carboxylic acids is 1. The van der Waals surface area contributed by atoms with Gasteiger partial charge in [-0.3, -0.25) is 4.79 Å². The first-order valence-corrected chi connectivity index (χ1v) is 6.94. The molecule has 0 saturated carbocycles. The maximum atomic E-state index is 12.3. The van der Waals surface area contributed by atoms with Crippen LogP contribution in [0.2, 0.25) is 0 Å². The molecular weight excluding hydrogens is 254 g/mol.